The Bertz CT molecular complexity index is 658. The van der Waals surface area contributed by atoms with Crippen LogP contribution in [0.5, 0.6) is 0 Å². The van der Waals surface area contributed by atoms with Gasteiger partial charge in [0.1, 0.15) is 6.04 Å². The summed E-state index contributed by atoms with van der Waals surface area (Å²) in [6, 6.07) is 8.46. The summed E-state index contributed by atoms with van der Waals surface area (Å²) in [6.07, 6.45) is 4.68. The third-order valence-corrected chi connectivity index (χ3v) is 7.01. The molecule has 2 aliphatic rings. The highest BCUT2D eigenvalue weighted by atomic mass is 32.2. The Balaban J connectivity index is 1.79. The maximum atomic E-state index is 12.8. The van der Waals surface area contributed by atoms with Gasteiger partial charge in [0, 0.05) is 6.04 Å². The number of hydrogen-bond acceptors (Lipinski definition) is 3. The Morgan fingerprint density at radius 2 is 1.87 bits per heavy atom. The number of carbonyl (C=O) groups is 1. The second-order valence-corrected chi connectivity index (χ2v) is 8.58. The number of aryl methyl sites for hydroxylation is 1. The minimum atomic E-state index is -3.57. The van der Waals surface area contributed by atoms with Crippen molar-refractivity contribution in [3.05, 3.63) is 35.9 Å². The van der Waals surface area contributed by atoms with Gasteiger partial charge in [-0.15, -0.1) is 0 Å². The van der Waals surface area contributed by atoms with Crippen LogP contribution in [-0.4, -0.2) is 41.6 Å². The first-order valence-electron chi connectivity index (χ1n) is 8.27. The molecule has 1 aromatic rings. The highest BCUT2D eigenvalue weighted by molar-refractivity contribution is 7.89. The molecule has 2 fully saturated rings. The zero-order valence-electron chi connectivity index (χ0n) is 13.1. The first-order valence-corrected chi connectivity index (χ1v) is 9.88. The minimum Gasteiger partial charge on any atom is -0.480 e. The molecule has 1 saturated heterocycles. The third-order valence-electron chi connectivity index (χ3n) is 5.13. The lowest BCUT2D eigenvalue weighted by Crippen LogP contribution is -2.47. The monoisotopic (exact) mass is 337 g/mol. The summed E-state index contributed by atoms with van der Waals surface area (Å²) in [5.74, 6) is -0.830. The quantitative estimate of drug-likeness (QED) is 0.894. The van der Waals surface area contributed by atoms with Crippen LogP contribution < -0.4 is 0 Å². The van der Waals surface area contributed by atoms with Crippen LogP contribution >= 0.6 is 0 Å². The molecule has 0 spiro atoms. The molecular weight excluding hydrogens is 314 g/mol. The van der Waals surface area contributed by atoms with Crippen molar-refractivity contribution >= 4 is 16.0 Å². The van der Waals surface area contributed by atoms with Gasteiger partial charge in [0.25, 0.3) is 0 Å². The van der Waals surface area contributed by atoms with Crippen LogP contribution in [0.2, 0.25) is 0 Å². The molecule has 1 N–H and O–H groups in total. The molecule has 3 atom stereocenters. The Labute approximate surface area is 137 Å². The van der Waals surface area contributed by atoms with E-state index in [2.05, 4.69) is 0 Å². The standard InChI is InChI=1S/C17H23NO4S/c19-17(20)16-12-14-8-4-5-9-15(14)18(16)23(21,22)11-10-13-6-2-1-3-7-13/h1-3,6-7,14-16H,4-5,8-12H2,(H,19,20). The van der Waals surface area contributed by atoms with Gasteiger partial charge < -0.3 is 5.11 Å². The Hall–Kier alpha value is -1.40. The van der Waals surface area contributed by atoms with E-state index in [0.29, 0.717) is 12.8 Å². The molecule has 6 heteroatoms. The summed E-state index contributed by atoms with van der Waals surface area (Å²) in [7, 11) is -3.57. The van der Waals surface area contributed by atoms with Gasteiger partial charge in [-0.1, -0.05) is 43.2 Å². The molecule has 0 radical (unpaired) electrons. The van der Waals surface area contributed by atoms with Gasteiger partial charge >= 0.3 is 5.97 Å². The van der Waals surface area contributed by atoms with Gasteiger partial charge in [-0.2, -0.15) is 4.31 Å². The van der Waals surface area contributed by atoms with E-state index in [4.69, 9.17) is 0 Å². The summed E-state index contributed by atoms with van der Waals surface area (Å²) in [5.41, 5.74) is 0.961. The Morgan fingerprint density at radius 1 is 1.17 bits per heavy atom. The molecule has 3 rings (SSSR count). The van der Waals surface area contributed by atoms with E-state index in [1.165, 1.54) is 4.31 Å². The lowest BCUT2D eigenvalue weighted by atomic mass is 9.85. The maximum Gasteiger partial charge on any atom is 0.322 e. The molecule has 0 bridgehead atoms. The summed E-state index contributed by atoms with van der Waals surface area (Å²) >= 11 is 0. The number of rotatable bonds is 5. The van der Waals surface area contributed by atoms with Crippen molar-refractivity contribution < 1.29 is 18.3 Å². The fourth-order valence-corrected chi connectivity index (χ4v) is 5.99. The normalized spacial score (nSPS) is 28.4. The number of nitrogens with zero attached hydrogens (tertiary/aromatic N) is 1. The summed E-state index contributed by atoms with van der Waals surface area (Å²) in [4.78, 5) is 11.6. The SMILES string of the molecule is O=C(O)C1CC2CCCCC2N1S(=O)(=O)CCc1ccccc1. The average Bonchev–Trinajstić information content (AvgIpc) is 2.95. The van der Waals surface area contributed by atoms with Crippen molar-refractivity contribution in [3.63, 3.8) is 0 Å². The molecule has 1 saturated carbocycles. The van der Waals surface area contributed by atoms with E-state index >= 15 is 0 Å². The second kappa shape index (κ2) is 6.61. The van der Waals surface area contributed by atoms with Crippen LogP contribution in [0.1, 0.15) is 37.7 Å². The van der Waals surface area contributed by atoms with E-state index in [9.17, 15) is 18.3 Å². The van der Waals surface area contributed by atoms with Crippen LogP contribution in [0.15, 0.2) is 30.3 Å². The highest BCUT2D eigenvalue weighted by Crippen LogP contribution is 2.41. The zero-order valence-corrected chi connectivity index (χ0v) is 13.9. The number of carboxylic acids is 1. The van der Waals surface area contributed by atoms with Gasteiger partial charge in [-0.25, -0.2) is 8.42 Å². The zero-order chi connectivity index (χ0) is 16.4. The van der Waals surface area contributed by atoms with Crippen LogP contribution in [0, 0.1) is 5.92 Å². The highest BCUT2D eigenvalue weighted by Gasteiger charge is 2.50. The molecule has 1 aromatic carbocycles. The predicted octanol–water partition coefficient (Wildman–Crippen LogP) is 2.28. The number of aliphatic carboxylic acids is 1. The molecule has 3 unspecified atom stereocenters. The summed E-state index contributed by atoms with van der Waals surface area (Å²) in [5, 5.41) is 9.47. The Kier molecular flexibility index (Phi) is 4.73. The molecule has 1 heterocycles. The molecule has 0 aromatic heterocycles. The van der Waals surface area contributed by atoms with Gasteiger partial charge in [0.05, 0.1) is 5.75 Å². The molecule has 1 aliphatic heterocycles. The minimum absolute atomic E-state index is 0.0238. The van der Waals surface area contributed by atoms with Crippen LogP contribution in [0.4, 0.5) is 0 Å². The van der Waals surface area contributed by atoms with Crippen molar-refractivity contribution in [2.45, 2.75) is 50.6 Å². The van der Waals surface area contributed by atoms with E-state index in [1.807, 2.05) is 30.3 Å². The van der Waals surface area contributed by atoms with Crippen LogP contribution in [0.25, 0.3) is 0 Å². The van der Waals surface area contributed by atoms with Crippen LogP contribution in [-0.2, 0) is 21.2 Å². The van der Waals surface area contributed by atoms with Crippen molar-refractivity contribution in [1.82, 2.24) is 4.31 Å². The predicted molar refractivity (Wildman–Crippen MR) is 87.6 cm³/mol. The topological polar surface area (TPSA) is 74.7 Å². The van der Waals surface area contributed by atoms with Gasteiger partial charge in [0.2, 0.25) is 10.0 Å². The third kappa shape index (κ3) is 3.43. The first-order chi connectivity index (χ1) is 11.0. The second-order valence-electron chi connectivity index (χ2n) is 6.58. The van der Waals surface area contributed by atoms with Crippen molar-refractivity contribution in [2.75, 3.05) is 5.75 Å². The molecule has 1 aliphatic carbocycles. The van der Waals surface area contributed by atoms with Gasteiger partial charge in [0.15, 0.2) is 0 Å². The summed E-state index contributed by atoms with van der Waals surface area (Å²) < 4.78 is 27.0. The number of hydrogen-bond donors (Lipinski definition) is 1. The maximum absolute atomic E-state index is 12.8. The molecular formula is C17H23NO4S. The Morgan fingerprint density at radius 3 is 2.57 bits per heavy atom. The smallest absolute Gasteiger partial charge is 0.322 e. The molecule has 23 heavy (non-hydrogen) atoms. The molecule has 5 nitrogen and oxygen atoms in total. The van der Waals surface area contributed by atoms with Gasteiger partial charge in [-0.05, 0) is 37.2 Å². The number of carboxylic acid groups (broad SMARTS) is 1. The largest absolute Gasteiger partial charge is 0.480 e. The van der Waals surface area contributed by atoms with E-state index < -0.39 is 22.0 Å². The van der Waals surface area contributed by atoms with Crippen molar-refractivity contribution in [2.24, 2.45) is 5.92 Å². The molecule has 126 valence electrons. The fourth-order valence-electron chi connectivity index (χ4n) is 4.03. The lowest BCUT2D eigenvalue weighted by molar-refractivity contribution is -0.141. The van der Waals surface area contributed by atoms with Crippen LogP contribution in [0.3, 0.4) is 0 Å². The van der Waals surface area contributed by atoms with E-state index in [1.54, 1.807) is 0 Å². The number of sulfonamides is 1. The first kappa shape index (κ1) is 16.5. The fraction of sp³-hybridized carbons (Fsp3) is 0.588. The van der Waals surface area contributed by atoms with Gasteiger partial charge in [-0.3, -0.25) is 4.79 Å². The van der Waals surface area contributed by atoms with E-state index in [0.717, 1.165) is 31.2 Å². The van der Waals surface area contributed by atoms with E-state index in [-0.39, 0.29) is 17.7 Å². The average molecular weight is 337 g/mol. The number of fused-ring (bicyclic) bond motifs is 1. The number of benzene rings is 1. The lowest BCUT2D eigenvalue weighted by Gasteiger charge is -2.32. The van der Waals surface area contributed by atoms with Crippen molar-refractivity contribution in [3.8, 4) is 0 Å². The summed E-state index contributed by atoms with van der Waals surface area (Å²) in [6.45, 7) is 0. The molecule has 0 amide bonds. The van der Waals surface area contributed by atoms with Crippen molar-refractivity contribution in [1.29, 1.82) is 0 Å².